The molecule has 0 heterocycles. The van der Waals surface area contributed by atoms with Crippen LogP contribution in [0.25, 0.3) is 0 Å². The van der Waals surface area contributed by atoms with Crippen molar-refractivity contribution < 1.29 is 9.47 Å². The summed E-state index contributed by atoms with van der Waals surface area (Å²) in [7, 11) is 3.07. The molecule has 2 rings (SSSR count). The third kappa shape index (κ3) is 8.72. The van der Waals surface area contributed by atoms with Gasteiger partial charge in [0.2, 0.25) is 0 Å². The highest BCUT2D eigenvalue weighted by molar-refractivity contribution is 7.73. The van der Waals surface area contributed by atoms with Crippen LogP contribution in [0.2, 0.25) is 12.6 Å². The van der Waals surface area contributed by atoms with Crippen molar-refractivity contribution in [2.24, 2.45) is 0 Å². The molecule has 2 nitrogen and oxygen atoms in total. The molecule has 30 heavy (non-hydrogen) atoms. The molecule has 168 valence electrons. The summed E-state index contributed by atoms with van der Waals surface area (Å²) in [5.74, 6) is 1.85. The van der Waals surface area contributed by atoms with Gasteiger partial charge in [-0.05, 0) is 24.3 Å². The zero-order chi connectivity index (χ0) is 22.6. The summed E-state index contributed by atoms with van der Waals surface area (Å²) in [5, 5.41) is 0. The zero-order valence-corrected chi connectivity index (χ0v) is 21.6. The van der Waals surface area contributed by atoms with Crippen molar-refractivity contribution in [3.05, 3.63) is 48.5 Å². The summed E-state index contributed by atoms with van der Waals surface area (Å²) in [6.45, 7) is 13.8. The van der Waals surface area contributed by atoms with E-state index in [1.165, 1.54) is 49.2 Å². The molecule has 2 aromatic carbocycles. The Bertz CT molecular complexity index is 642. The van der Waals surface area contributed by atoms with Crippen LogP contribution in [0.5, 0.6) is 11.5 Å². The Hall–Kier alpha value is -1.47. The fourth-order valence-electron chi connectivity index (χ4n) is 4.05. The van der Waals surface area contributed by atoms with Gasteiger partial charge < -0.3 is 9.47 Å². The van der Waals surface area contributed by atoms with E-state index in [9.17, 15) is 0 Å². The van der Waals surface area contributed by atoms with E-state index >= 15 is 0 Å². The van der Waals surface area contributed by atoms with Gasteiger partial charge in [0.05, 0.1) is 20.4 Å². The second-order valence-electron chi connectivity index (χ2n) is 9.76. The van der Waals surface area contributed by atoms with Crippen LogP contribution in [-0.4, -0.2) is 47.0 Å². The first-order valence-electron chi connectivity index (χ1n) is 11.5. The molecule has 0 radical (unpaired) electrons. The minimum absolute atomic E-state index is 0.389. The van der Waals surface area contributed by atoms with Gasteiger partial charge >= 0.3 is 0 Å². The number of methoxy groups -OCH3 is 2. The Morgan fingerprint density at radius 1 is 0.633 bits per heavy atom. The van der Waals surface area contributed by atoms with Crippen LogP contribution >= 0.6 is 7.26 Å². The van der Waals surface area contributed by atoms with Crippen molar-refractivity contribution in [1.29, 1.82) is 0 Å². The van der Waals surface area contributed by atoms with Crippen LogP contribution < -0.4 is 20.4 Å². The quantitative estimate of drug-likeness (QED) is 0.321. The third-order valence-corrected chi connectivity index (χ3v) is 5.61. The number of ether oxygens (including phenoxy) is 2. The van der Waals surface area contributed by atoms with E-state index in [4.69, 9.17) is 9.47 Å². The van der Waals surface area contributed by atoms with E-state index in [1.807, 2.05) is 0 Å². The fourth-order valence-corrected chi connectivity index (χ4v) is 4.05. The van der Waals surface area contributed by atoms with Crippen LogP contribution in [0, 0.1) is 0 Å². The van der Waals surface area contributed by atoms with Gasteiger partial charge in [-0.3, -0.25) is 0 Å². The van der Waals surface area contributed by atoms with E-state index in [2.05, 4.69) is 89.0 Å². The number of unbranched alkanes of at least 4 members (excludes halogenated alkanes) is 2. The Morgan fingerprint density at radius 2 is 0.933 bits per heavy atom. The molecule has 0 aliphatic heterocycles. The summed E-state index contributed by atoms with van der Waals surface area (Å²) >= 11 is 0. The average Bonchev–Trinajstić information content (AvgIpc) is 2.73. The molecule has 0 aliphatic rings. The van der Waals surface area contributed by atoms with E-state index in [0.717, 1.165) is 11.5 Å². The highest BCUT2D eigenvalue weighted by Gasteiger charge is 2.27. The Labute approximate surface area is 187 Å². The van der Waals surface area contributed by atoms with Gasteiger partial charge in [0.1, 0.15) is 11.5 Å². The summed E-state index contributed by atoms with van der Waals surface area (Å²) in [5.41, 5.74) is 2.90. The largest absolute Gasteiger partial charge is 0.497 e. The number of benzene rings is 2. The maximum atomic E-state index is 5.37. The minimum atomic E-state index is -0.764. The molecule has 4 heteroatoms. The highest BCUT2D eigenvalue weighted by Crippen LogP contribution is 2.40. The van der Waals surface area contributed by atoms with Crippen LogP contribution in [0.1, 0.15) is 39.5 Å². The molecule has 0 bridgehead atoms. The first kappa shape index (κ1) is 26.6. The zero-order valence-electron chi connectivity index (χ0n) is 20.7. The summed E-state index contributed by atoms with van der Waals surface area (Å²) in [6.07, 6.45) is 6.65. The Balaban J connectivity index is 0.000000804. The van der Waals surface area contributed by atoms with Crippen LogP contribution in [0.4, 0.5) is 0 Å². The van der Waals surface area contributed by atoms with Crippen molar-refractivity contribution >= 4 is 24.3 Å². The maximum absolute atomic E-state index is 5.37. The molecule has 0 fully saturated rings. The molecule has 0 aliphatic carbocycles. The number of hydrogen-bond acceptors (Lipinski definition) is 2. The van der Waals surface area contributed by atoms with Gasteiger partial charge in [-0.25, -0.2) is 10.9 Å². The lowest BCUT2D eigenvalue weighted by atomic mass is 9.15. The molecule has 0 saturated heterocycles. The normalized spacial score (nSPS) is 11.5. The smallest absolute Gasteiger partial charge is 0.118 e. The molecule has 0 aromatic heterocycles. The fraction of sp³-hybridized carbons (Fsp3) is 0.538. The summed E-state index contributed by atoms with van der Waals surface area (Å²) in [6, 6.07) is 17.5. The van der Waals surface area contributed by atoms with Gasteiger partial charge in [-0.15, -0.1) is 0 Å². The monoisotopic (exact) mass is 430 g/mol. The van der Waals surface area contributed by atoms with Crippen LogP contribution in [0.15, 0.2) is 48.5 Å². The lowest BCUT2D eigenvalue weighted by Gasteiger charge is -2.42. The molecule has 0 amide bonds. The molecule has 0 N–H and O–H groups in total. The van der Waals surface area contributed by atoms with E-state index in [1.54, 1.807) is 14.2 Å². The van der Waals surface area contributed by atoms with E-state index in [-0.39, 0.29) is 7.26 Å². The third-order valence-electron chi connectivity index (χ3n) is 5.61. The topological polar surface area (TPSA) is 18.5 Å². The number of hydrogen-bond donors (Lipinski definition) is 0. The van der Waals surface area contributed by atoms with E-state index < -0.39 is 6.15 Å². The first-order chi connectivity index (χ1) is 14.2. The van der Waals surface area contributed by atoms with Crippen molar-refractivity contribution in [3.8, 4) is 11.5 Å². The Morgan fingerprint density at radius 3 is 1.17 bits per heavy atom. The highest BCUT2D eigenvalue weighted by atomic mass is 31.2. The standard InChI is InChI=1S/C22H32BO2.C4H12P/c1-5-7-17-23(18-8-6-2,19-9-13-21(24-3)14-10-19)20-11-15-22(25-4)16-12-20;1-5(2,3)4/h9-16H,5-8,17-18H2,1-4H3;1-4H3/q-1;+1. The van der Waals surface area contributed by atoms with E-state index in [0.29, 0.717) is 0 Å². The van der Waals surface area contributed by atoms with Crippen LogP contribution in [-0.2, 0) is 0 Å². The Kier molecular flexibility index (Phi) is 11.6. The van der Waals surface area contributed by atoms with Crippen molar-refractivity contribution in [2.75, 3.05) is 40.9 Å². The van der Waals surface area contributed by atoms with Gasteiger partial charge in [0.25, 0.3) is 0 Å². The second kappa shape index (κ2) is 13.1. The van der Waals surface area contributed by atoms with Gasteiger partial charge in [-0.1, -0.05) is 63.8 Å². The van der Waals surface area contributed by atoms with Gasteiger partial charge in [0.15, 0.2) is 0 Å². The summed E-state index contributed by atoms with van der Waals surface area (Å²) < 4.78 is 10.7. The SMILES string of the molecule is CCCC[B-](CCCC)(c1ccc(OC)cc1)c1ccc(OC)cc1.C[P+](C)(C)C. The molecular formula is C26H44BO2P. The van der Waals surface area contributed by atoms with Crippen molar-refractivity contribution in [3.63, 3.8) is 0 Å². The number of rotatable bonds is 10. The molecule has 0 spiro atoms. The molecular weight excluding hydrogens is 386 g/mol. The van der Waals surface area contributed by atoms with Crippen LogP contribution in [0.3, 0.4) is 0 Å². The minimum Gasteiger partial charge on any atom is -0.497 e. The first-order valence-corrected chi connectivity index (χ1v) is 15.0. The van der Waals surface area contributed by atoms with Gasteiger partial charge in [-0.2, -0.15) is 12.6 Å². The molecule has 0 unspecified atom stereocenters. The lowest BCUT2D eigenvalue weighted by Crippen LogP contribution is -2.58. The molecule has 2 aromatic rings. The molecule has 0 saturated carbocycles. The average molecular weight is 430 g/mol. The predicted octanol–water partition coefficient (Wildman–Crippen LogP) is 6.39. The second-order valence-corrected chi connectivity index (χ2v) is 15.1. The van der Waals surface area contributed by atoms with Crippen molar-refractivity contribution in [1.82, 2.24) is 0 Å². The predicted molar refractivity (Wildman–Crippen MR) is 141 cm³/mol. The lowest BCUT2D eigenvalue weighted by molar-refractivity contribution is 0.415. The molecule has 0 atom stereocenters. The van der Waals surface area contributed by atoms with Gasteiger partial charge in [0, 0.05) is 33.9 Å². The summed E-state index contributed by atoms with van der Waals surface area (Å²) in [4.78, 5) is 0. The maximum Gasteiger partial charge on any atom is 0.118 e. The van der Waals surface area contributed by atoms with Crippen molar-refractivity contribution in [2.45, 2.75) is 52.2 Å².